The van der Waals surface area contributed by atoms with E-state index in [0.717, 1.165) is 36.5 Å². The van der Waals surface area contributed by atoms with E-state index in [0.29, 0.717) is 5.82 Å². The van der Waals surface area contributed by atoms with Gasteiger partial charge in [0.1, 0.15) is 42.1 Å². The average molecular weight is 271 g/mol. The smallest absolute Gasteiger partial charge is 0.184 e. The lowest BCUT2D eigenvalue weighted by Gasteiger charge is -2.08. The van der Waals surface area contributed by atoms with Gasteiger partial charge in [-0.1, -0.05) is 0 Å². The third-order valence-corrected chi connectivity index (χ3v) is 3.47. The minimum absolute atomic E-state index is 0.00646. The third-order valence-electron chi connectivity index (χ3n) is 3.47. The number of aromatic nitrogens is 7. The van der Waals surface area contributed by atoms with Crippen LogP contribution in [0.15, 0.2) is 19.0 Å². The first-order chi connectivity index (χ1) is 9.84. The lowest BCUT2D eigenvalue weighted by atomic mass is 10.1. The summed E-state index contributed by atoms with van der Waals surface area (Å²) in [6.07, 6.45) is 6.62. The summed E-state index contributed by atoms with van der Waals surface area (Å²) in [4.78, 5) is 12.9. The van der Waals surface area contributed by atoms with E-state index < -0.39 is 0 Å². The van der Waals surface area contributed by atoms with Gasteiger partial charge in [-0.05, 0) is 19.8 Å². The fraction of sp³-hybridized carbons (Fsp3) is 0.417. The molecule has 4 heterocycles. The molecule has 0 spiro atoms. The number of imidazole rings is 1. The fourth-order valence-corrected chi connectivity index (χ4v) is 2.59. The van der Waals surface area contributed by atoms with Crippen LogP contribution in [0, 0.1) is 6.92 Å². The molecule has 20 heavy (non-hydrogen) atoms. The van der Waals surface area contributed by atoms with Gasteiger partial charge in [0.05, 0.1) is 0 Å². The van der Waals surface area contributed by atoms with Gasteiger partial charge in [0.15, 0.2) is 5.82 Å². The zero-order valence-electron chi connectivity index (χ0n) is 11.0. The van der Waals surface area contributed by atoms with Gasteiger partial charge < -0.3 is 4.74 Å². The molecule has 1 unspecified atom stereocenters. The quantitative estimate of drug-likeness (QED) is 0.687. The number of nitrogens with zero attached hydrogens (tertiary/aromatic N) is 7. The van der Waals surface area contributed by atoms with Crippen LogP contribution in [0.5, 0.6) is 0 Å². The summed E-state index contributed by atoms with van der Waals surface area (Å²) in [5.74, 6) is 1.48. The molecule has 0 aliphatic carbocycles. The number of rotatable bonds is 2. The van der Waals surface area contributed by atoms with Gasteiger partial charge in [0, 0.05) is 6.61 Å². The minimum atomic E-state index is 0.00646. The van der Waals surface area contributed by atoms with Crippen molar-refractivity contribution in [3.05, 3.63) is 30.5 Å². The highest BCUT2D eigenvalue weighted by Crippen LogP contribution is 2.32. The Labute approximate surface area is 114 Å². The maximum Gasteiger partial charge on any atom is 0.184 e. The van der Waals surface area contributed by atoms with E-state index in [-0.39, 0.29) is 6.10 Å². The Kier molecular flexibility index (Phi) is 2.49. The average Bonchev–Trinajstić information content (AvgIpc) is 3.19. The van der Waals surface area contributed by atoms with Crippen molar-refractivity contribution in [3.8, 4) is 5.82 Å². The highest BCUT2D eigenvalue weighted by atomic mass is 16.5. The van der Waals surface area contributed by atoms with Crippen LogP contribution in [-0.4, -0.2) is 41.0 Å². The van der Waals surface area contributed by atoms with E-state index in [2.05, 4.69) is 25.1 Å². The zero-order chi connectivity index (χ0) is 13.5. The second kappa shape index (κ2) is 4.34. The van der Waals surface area contributed by atoms with Gasteiger partial charge >= 0.3 is 0 Å². The van der Waals surface area contributed by atoms with Gasteiger partial charge in [-0.25, -0.2) is 24.1 Å². The molecule has 3 aromatic heterocycles. The maximum absolute atomic E-state index is 5.76. The van der Waals surface area contributed by atoms with Crippen molar-refractivity contribution in [2.75, 3.05) is 6.61 Å². The highest BCUT2D eigenvalue weighted by molar-refractivity contribution is 5.64. The van der Waals surface area contributed by atoms with Crippen LogP contribution in [0.25, 0.3) is 11.3 Å². The Morgan fingerprint density at radius 1 is 1.30 bits per heavy atom. The van der Waals surface area contributed by atoms with E-state index in [1.807, 2.05) is 6.92 Å². The van der Waals surface area contributed by atoms with Gasteiger partial charge in [-0.15, -0.1) is 0 Å². The first-order valence-corrected chi connectivity index (χ1v) is 6.51. The van der Waals surface area contributed by atoms with Crippen molar-refractivity contribution in [2.45, 2.75) is 25.9 Å². The van der Waals surface area contributed by atoms with Gasteiger partial charge in [-0.3, -0.25) is 0 Å². The molecule has 1 saturated heterocycles. The molecule has 0 saturated carbocycles. The predicted octanol–water partition coefficient (Wildman–Crippen LogP) is 0.865. The Bertz CT molecular complexity index is 743. The monoisotopic (exact) mass is 271 g/mol. The van der Waals surface area contributed by atoms with Crippen molar-refractivity contribution in [1.82, 2.24) is 34.3 Å². The van der Waals surface area contributed by atoms with Crippen LogP contribution >= 0.6 is 0 Å². The number of hydrogen-bond acceptors (Lipinski definition) is 6. The molecule has 8 nitrogen and oxygen atoms in total. The van der Waals surface area contributed by atoms with Crippen LogP contribution in [0.4, 0.5) is 0 Å². The second-order valence-corrected chi connectivity index (χ2v) is 4.73. The molecule has 102 valence electrons. The van der Waals surface area contributed by atoms with Crippen molar-refractivity contribution < 1.29 is 4.74 Å². The normalized spacial score (nSPS) is 18.9. The molecule has 0 aromatic carbocycles. The largest absolute Gasteiger partial charge is 0.372 e. The molecule has 1 aliphatic heterocycles. The van der Waals surface area contributed by atoms with Crippen LogP contribution in [0.1, 0.15) is 30.5 Å². The SMILES string of the molecule is Cc1nc(C2CCCO2)c2c(-n3cncn3)ncnn12. The van der Waals surface area contributed by atoms with Crippen LogP contribution < -0.4 is 0 Å². The van der Waals surface area contributed by atoms with Gasteiger partial charge in [0.25, 0.3) is 0 Å². The molecule has 3 aromatic rings. The van der Waals surface area contributed by atoms with Crippen LogP contribution in [0.2, 0.25) is 0 Å². The first kappa shape index (κ1) is 11.5. The number of ether oxygens (including phenoxy) is 1. The molecule has 0 radical (unpaired) electrons. The lowest BCUT2D eigenvalue weighted by molar-refractivity contribution is 0.110. The van der Waals surface area contributed by atoms with E-state index in [4.69, 9.17) is 4.74 Å². The number of fused-ring (bicyclic) bond motifs is 1. The van der Waals surface area contributed by atoms with Gasteiger partial charge in [0.2, 0.25) is 0 Å². The Morgan fingerprint density at radius 3 is 3.00 bits per heavy atom. The van der Waals surface area contributed by atoms with Crippen molar-refractivity contribution in [1.29, 1.82) is 0 Å². The fourth-order valence-electron chi connectivity index (χ4n) is 2.59. The standard InChI is InChI=1S/C12H13N7O/c1-8-17-10(9-3-2-4-20-9)11-12(14-6-16-19(8)11)18-7-13-5-15-18/h5-7,9H,2-4H2,1H3. The molecule has 1 aliphatic rings. The summed E-state index contributed by atoms with van der Waals surface area (Å²) in [6, 6.07) is 0. The number of hydrogen-bond donors (Lipinski definition) is 0. The Balaban J connectivity index is 2.00. The summed E-state index contributed by atoms with van der Waals surface area (Å²) in [6.45, 7) is 2.69. The summed E-state index contributed by atoms with van der Waals surface area (Å²) in [5.41, 5.74) is 1.72. The van der Waals surface area contributed by atoms with E-state index >= 15 is 0 Å². The van der Waals surface area contributed by atoms with Crippen molar-refractivity contribution in [2.24, 2.45) is 0 Å². The predicted molar refractivity (Wildman–Crippen MR) is 68.4 cm³/mol. The van der Waals surface area contributed by atoms with Crippen LogP contribution in [-0.2, 0) is 4.74 Å². The molecular formula is C12H13N7O. The van der Waals surface area contributed by atoms with E-state index in [1.165, 1.54) is 12.7 Å². The molecule has 4 rings (SSSR count). The maximum atomic E-state index is 5.76. The molecule has 8 heteroatoms. The Hall–Kier alpha value is -2.35. The zero-order valence-corrected chi connectivity index (χ0v) is 11.0. The van der Waals surface area contributed by atoms with Crippen molar-refractivity contribution >= 4 is 5.52 Å². The molecular weight excluding hydrogens is 258 g/mol. The topological polar surface area (TPSA) is 83.0 Å². The second-order valence-electron chi connectivity index (χ2n) is 4.73. The summed E-state index contributed by atoms with van der Waals surface area (Å²) >= 11 is 0. The molecule has 0 amide bonds. The third kappa shape index (κ3) is 1.61. The molecule has 0 bridgehead atoms. The minimum Gasteiger partial charge on any atom is -0.372 e. The summed E-state index contributed by atoms with van der Waals surface area (Å²) in [7, 11) is 0. The summed E-state index contributed by atoms with van der Waals surface area (Å²) < 4.78 is 9.16. The van der Waals surface area contributed by atoms with Crippen LogP contribution in [0.3, 0.4) is 0 Å². The molecule has 1 fully saturated rings. The van der Waals surface area contributed by atoms with Crippen molar-refractivity contribution in [3.63, 3.8) is 0 Å². The highest BCUT2D eigenvalue weighted by Gasteiger charge is 2.26. The molecule has 1 atom stereocenters. The number of aryl methyl sites for hydroxylation is 1. The first-order valence-electron chi connectivity index (χ1n) is 6.51. The summed E-state index contributed by atoms with van der Waals surface area (Å²) in [5, 5.41) is 8.42. The lowest BCUT2D eigenvalue weighted by Crippen LogP contribution is -2.06. The van der Waals surface area contributed by atoms with Gasteiger partial charge in [-0.2, -0.15) is 10.2 Å². The van der Waals surface area contributed by atoms with E-state index in [9.17, 15) is 0 Å². The van der Waals surface area contributed by atoms with E-state index in [1.54, 1.807) is 15.5 Å². The Morgan fingerprint density at radius 2 is 2.25 bits per heavy atom. The molecule has 0 N–H and O–H groups in total.